The molecule has 1 unspecified atom stereocenters. The highest BCUT2D eigenvalue weighted by atomic mass is 32.2. The normalized spacial score (nSPS) is 20.3. The van der Waals surface area contributed by atoms with Crippen LogP contribution in [0.2, 0.25) is 0 Å². The Morgan fingerprint density at radius 3 is 3.00 bits per heavy atom. The molecule has 8 nitrogen and oxygen atoms in total. The quantitative estimate of drug-likeness (QED) is 0.828. The SMILES string of the molecule is CC(Cn1cccn1)NC(=O)C1=CN2CCS(=O)(=O)N=C2C=C1. The molecule has 0 saturated carbocycles. The van der Waals surface area contributed by atoms with Crippen LogP contribution in [-0.2, 0) is 21.4 Å². The van der Waals surface area contributed by atoms with E-state index in [1.807, 2.05) is 19.2 Å². The summed E-state index contributed by atoms with van der Waals surface area (Å²) in [5.74, 6) is 0.0802. The average Bonchev–Trinajstić information content (AvgIpc) is 2.98. The highest BCUT2D eigenvalue weighted by Crippen LogP contribution is 2.15. The zero-order valence-corrected chi connectivity index (χ0v) is 13.4. The summed E-state index contributed by atoms with van der Waals surface area (Å²) in [6, 6.07) is 1.74. The predicted molar refractivity (Wildman–Crippen MR) is 85.0 cm³/mol. The number of amidine groups is 1. The highest BCUT2D eigenvalue weighted by molar-refractivity contribution is 7.90. The molecule has 0 aliphatic carbocycles. The fourth-order valence-corrected chi connectivity index (χ4v) is 3.35. The Hall–Kier alpha value is -2.42. The fourth-order valence-electron chi connectivity index (χ4n) is 2.38. The van der Waals surface area contributed by atoms with Crippen molar-refractivity contribution in [1.82, 2.24) is 20.0 Å². The third-order valence-corrected chi connectivity index (χ3v) is 4.65. The second-order valence-corrected chi connectivity index (χ2v) is 7.20. The van der Waals surface area contributed by atoms with Crippen molar-refractivity contribution in [3.63, 3.8) is 0 Å². The van der Waals surface area contributed by atoms with Crippen molar-refractivity contribution in [3.8, 4) is 0 Å². The molecule has 3 rings (SSSR count). The molecule has 1 aromatic heterocycles. The molecule has 2 aliphatic rings. The van der Waals surface area contributed by atoms with Crippen LogP contribution in [0.1, 0.15) is 6.92 Å². The van der Waals surface area contributed by atoms with Crippen molar-refractivity contribution < 1.29 is 13.2 Å². The number of fused-ring (bicyclic) bond motifs is 1. The van der Waals surface area contributed by atoms with Crippen molar-refractivity contribution in [2.45, 2.75) is 19.5 Å². The first-order valence-corrected chi connectivity index (χ1v) is 8.81. The lowest BCUT2D eigenvalue weighted by atomic mass is 10.1. The van der Waals surface area contributed by atoms with Crippen molar-refractivity contribution >= 4 is 21.8 Å². The van der Waals surface area contributed by atoms with E-state index in [0.717, 1.165) is 0 Å². The van der Waals surface area contributed by atoms with Gasteiger partial charge in [-0.3, -0.25) is 9.48 Å². The van der Waals surface area contributed by atoms with E-state index in [2.05, 4.69) is 14.8 Å². The summed E-state index contributed by atoms with van der Waals surface area (Å²) in [5.41, 5.74) is 0.468. The molecule has 0 radical (unpaired) electrons. The van der Waals surface area contributed by atoms with Crippen LogP contribution in [0.25, 0.3) is 0 Å². The van der Waals surface area contributed by atoms with Crippen molar-refractivity contribution in [2.75, 3.05) is 12.3 Å². The van der Waals surface area contributed by atoms with Crippen LogP contribution in [0.15, 0.2) is 46.8 Å². The molecule has 0 aromatic carbocycles. The molecule has 1 atom stereocenters. The van der Waals surface area contributed by atoms with Crippen LogP contribution < -0.4 is 5.32 Å². The summed E-state index contributed by atoms with van der Waals surface area (Å²) < 4.78 is 28.4. The largest absolute Gasteiger partial charge is 0.348 e. The van der Waals surface area contributed by atoms with Crippen molar-refractivity contribution in [2.24, 2.45) is 4.40 Å². The first-order chi connectivity index (χ1) is 10.9. The van der Waals surface area contributed by atoms with Gasteiger partial charge >= 0.3 is 0 Å². The van der Waals surface area contributed by atoms with Gasteiger partial charge in [-0.1, -0.05) is 0 Å². The first kappa shape index (κ1) is 15.5. The number of rotatable bonds is 4. The lowest BCUT2D eigenvalue weighted by Gasteiger charge is -2.27. The van der Waals surface area contributed by atoms with Crippen LogP contribution in [-0.4, -0.2) is 53.2 Å². The molecule has 9 heteroatoms. The van der Waals surface area contributed by atoms with Gasteiger partial charge in [0, 0.05) is 31.2 Å². The zero-order chi connectivity index (χ0) is 16.4. The number of sulfonamides is 1. The number of amides is 1. The van der Waals surface area contributed by atoms with E-state index < -0.39 is 10.0 Å². The Morgan fingerprint density at radius 1 is 1.43 bits per heavy atom. The maximum absolute atomic E-state index is 12.3. The molecule has 1 aromatic rings. The van der Waals surface area contributed by atoms with Gasteiger partial charge in [0.1, 0.15) is 5.84 Å². The number of hydrogen-bond donors (Lipinski definition) is 1. The van der Waals surface area contributed by atoms with Gasteiger partial charge in [0.25, 0.3) is 15.9 Å². The van der Waals surface area contributed by atoms with Gasteiger partial charge in [0.2, 0.25) is 0 Å². The van der Waals surface area contributed by atoms with E-state index in [4.69, 9.17) is 0 Å². The third kappa shape index (κ3) is 3.67. The number of nitrogens with zero attached hydrogens (tertiary/aromatic N) is 4. The smallest absolute Gasteiger partial charge is 0.256 e. The summed E-state index contributed by atoms with van der Waals surface area (Å²) in [4.78, 5) is 14.0. The summed E-state index contributed by atoms with van der Waals surface area (Å²) in [6.07, 6.45) is 8.27. The van der Waals surface area contributed by atoms with Crippen LogP contribution in [0.3, 0.4) is 0 Å². The average molecular weight is 335 g/mol. The summed E-state index contributed by atoms with van der Waals surface area (Å²) >= 11 is 0. The van der Waals surface area contributed by atoms with Gasteiger partial charge in [0.05, 0.1) is 17.9 Å². The standard InChI is InChI=1S/C14H17N5O3S/c1-11(9-19-6-2-5-15-19)16-14(20)12-3-4-13-17-23(21,22)8-7-18(13)10-12/h2-6,10-11H,7-9H2,1H3,(H,16,20). The van der Waals surface area contributed by atoms with Crippen molar-refractivity contribution in [1.29, 1.82) is 0 Å². The van der Waals surface area contributed by atoms with Gasteiger partial charge in [-0.25, -0.2) is 8.42 Å². The van der Waals surface area contributed by atoms with Gasteiger partial charge < -0.3 is 10.2 Å². The predicted octanol–water partition coefficient (Wildman–Crippen LogP) is -0.115. The van der Waals surface area contributed by atoms with E-state index in [-0.39, 0.29) is 17.7 Å². The molecule has 0 bridgehead atoms. The maximum atomic E-state index is 12.3. The Bertz CT molecular complexity index is 792. The number of carbonyl (C=O) groups is 1. The second-order valence-electron chi connectivity index (χ2n) is 5.45. The molecule has 0 saturated heterocycles. The minimum absolute atomic E-state index is 0.0502. The minimum atomic E-state index is -3.38. The second kappa shape index (κ2) is 5.99. The molecule has 2 aliphatic heterocycles. The Kier molecular flexibility index (Phi) is 4.03. The Morgan fingerprint density at radius 2 is 2.26 bits per heavy atom. The van der Waals surface area contributed by atoms with E-state index in [1.165, 1.54) is 0 Å². The number of carbonyl (C=O) groups excluding carboxylic acids is 1. The Labute approximate surface area is 134 Å². The molecule has 1 N–H and O–H groups in total. The van der Waals surface area contributed by atoms with Crippen molar-refractivity contribution in [3.05, 3.63) is 42.4 Å². The van der Waals surface area contributed by atoms with E-state index in [1.54, 1.807) is 34.1 Å². The molecule has 122 valence electrons. The molecule has 0 spiro atoms. The van der Waals surface area contributed by atoms with Gasteiger partial charge in [0.15, 0.2) is 0 Å². The first-order valence-electron chi connectivity index (χ1n) is 7.20. The van der Waals surface area contributed by atoms with Gasteiger partial charge in [-0.05, 0) is 25.1 Å². The molecule has 1 amide bonds. The lowest BCUT2D eigenvalue weighted by molar-refractivity contribution is -0.117. The van der Waals surface area contributed by atoms with Crippen LogP contribution >= 0.6 is 0 Å². The van der Waals surface area contributed by atoms with E-state index >= 15 is 0 Å². The van der Waals surface area contributed by atoms with Crippen LogP contribution in [0.5, 0.6) is 0 Å². The van der Waals surface area contributed by atoms with Gasteiger partial charge in [-0.2, -0.15) is 5.10 Å². The molecular weight excluding hydrogens is 318 g/mol. The monoisotopic (exact) mass is 335 g/mol. The molecular formula is C14H17N5O3S. The summed E-state index contributed by atoms with van der Waals surface area (Å²) in [7, 11) is -3.38. The van der Waals surface area contributed by atoms with Crippen LogP contribution in [0, 0.1) is 0 Å². The van der Waals surface area contributed by atoms with E-state index in [9.17, 15) is 13.2 Å². The molecule has 3 heterocycles. The summed E-state index contributed by atoms with van der Waals surface area (Å²) in [6.45, 7) is 2.77. The number of nitrogens with one attached hydrogen (secondary N) is 1. The third-order valence-electron chi connectivity index (χ3n) is 3.48. The zero-order valence-electron chi connectivity index (χ0n) is 12.6. The number of aromatic nitrogens is 2. The topological polar surface area (TPSA) is 96.7 Å². The molecule has 23 heavy (non-hydrogen) atoms. The summed E-state index contributed by atoms with van der Waals surface area (Å²) in [5, 5.41) is 7.00. The van der Waals surface area contributed by atoms with E-state index in [0.29, 0.717) is 24.5 Å². The minimum Gasteiger partial charge on any atom is -0.348 e. The number of hydrogen-bond acceptors (Lipinski definition) is 5. The Balaban J connectivity index is 1.65. The lowest BCUT2D eigenvalue weighted by Crippen LogP contribution is -2.40. The highest BCUT2D eigenvalue weighted by Gasteiger charge is 2.25. The maximum Gasteiger partial charge on any atom is 0.256 e. The van der Waals surface area contributed by atoms with Gasteiger partial charge in [-0.15, -0.1) is 4.40 Å². The van der Waals surface area contributed by atoms with Crippen LogP contribution in [0.4, 0.5) is 0 Å². The fraction of sp³-hybridized carbons (Fsp3) is 0.357. The molecule has 0 fully saturated rings.